The maximum absolute atomic E-state index is 4.55. The monoisotopic (exact) mass is 206 g/mol. The average Bonchev–Trinajstić information content (AvgIpc) is 2.29. The number of rotatable bonds is 2. The van der Waals surface area contributed by atoms with Gasteiger partial charge in [0.15, 0.2) is 0 Å². The van der Waals surface area contributed by atoms with Gasteiger partial charge in [-0.1, -0.05) is 6.92 Å². The van der Waals surface area contributed by atoms with Crippen LogP contribution in [-0.2, 0) is 6.42 Å². The molecule has 1 atom stereocenters. The zero-order chi connectivity index (χ0) is 10.7. The number of aromatic nitrogens is 2. The van der Waals surface area contributed by atoms with Crippen molar-refractivity contribution in [2.45, 2.75) is 19.4 Å². The van der Waals surface area contributed by atoms with Gasteiger partial charge in [0.1, 0.15) is 5.82 Å². The summed E-state index contributed by atoms with van der Waals surface area (Å²) in [7, 11) is 2.14. The van der Waals surface area contributed by atoms with Crippen molar-refractivity contribution >= 4 is 0 Å². The van der Waals surface area contributed by atoms with Crippen LogP contribution in [0.25, 0.3) is 0 Å². The fourth-order valence-corrected chi connectivity index (χ4v) is 1.85. The molecule has 0 saturated carbocycles. The van der Waals surface area contributed by atoms with E-state index in [9.17, 15) is 0 Å². The summed E-state index contributed by atoms with van der Waals surface area (Å²) in [6, 6.07) is 2.27. The third kappa shape index (κ3) is 2.52. The Labute approximate surface area is 90.7 Å². The van der Waals surface area contributed by atoms with Gasteiger partial charge in [-0.3, -0.25) is 0 Å². The number of piperazine rings is 1. The molecule has 1 unspecified atom stereocenters. The number of aryl methyl sites for hydroxylation is 1. The first-order valence-electron chi connectivity index (χ1n) is 5.53. The number of nitrogens with zero attached hydrogens (tertiary/aromatic N) is 3. The van der Waals surface area contributed by atoms with E-state index in [0.717, 1.165) is 37.6 Å². The fraction of sp³-hybridized carbons (Fsp3) is 0.636. The maximum Gasteiger partial charge on any atom is 0.146 e. The molecular formula is C11H18N4. The largest absolute Gasteiger partial charge is 0.305 e. The molecule has 1 aliphatic rings. The summed E-state index contributed by atoms with van der Waals surface area (Å²) in [5, 5.41) is 3.45. The quantitative estimate of drug-likeness (QED) is 0.770. The second-order valence-electron chi connectivity index (χ2n) is 4.03. The van der Waals surface area contributed by atoms with E-state index < -0.39 is 0 Å². The summed E-state index contributed by atoms with van der Waals surface area (Å²) < 4.78 is 0. The molecule has 15 heavy (non-hydrogen) atoms. The summed E-state index contributed by atoms with van der Waals surface area (Å²) in [6.07, 6.45) is 2.83. The van der Waals surface area contributed by atoms with Crippen molar-refractivity contribution in [1.82, 2.24) is 20.2 Å². The van der Waals surface area contributed by atoms with Crippen molar-refractivity contribution < 1.29 is 0 Å². The lowest BCUT2D eigenvalue weighted by Crippen LogP contribution is -2.44. The minimum atomic E-state index is 0.287. The summed E-state index contributed by atoms with van der Waals surface area (Å²) in [5.74, 6) is 0.931. The molecule has 0 aliphatic carbocycles. The smallest absolute Gasteiger partial charge is 0.146 e. The number of likely N-dealkylation sites (N-methyl/N-ethyl adjacent to an activating group) is 1. The van der Waals surface area contributed by atoms with E-state index in [1.54, 1.807) is 0 Å². The highest BCUT2D eigenvalue weighted by atomic mass is 15.2. The Morgan fingerprint density at radius 1 is 1.60 bits per heavy atom. The predicted octanol–water partition coefficient (Wildman–Crippen LogP) is 0.615. The van der Waals surface area contributed by atoms with Crippen LogP contribution in [0.3, 0.4) is 0 Å². The van der Waals surface area contributed by atoms with Crippen LogP contribution in [0.5, 0.6) is 0 Å². The Kier molecular flexibility index (Phi) is 3.28. The van der Waals surface area contributed by atoms with Gasteiger partial charge >= 0.3 is 0 Å². The van der Waals surface area contributed by atoms with E-state index in [-0.39, 0.29) is 6.04 Å². The molecule has 1 aromatic heterocycles. The van der Waals surface area contributed by atoms with E-state index in [1.807, 2.05) is 12.3 Å². The van der Waals surface area contributed by atoms with Gasteiger partial charge in [-0.15, -0.1) is 0 Å². The molecule has 1 saturated heterocycles. The molecule has 0 bridgehead atoms. The van der Waals surface area contributed by atoms with Crippen molar-refractivity contribution in [3.8, 4) is 0 Å². The van der Waals surface area contributed by atoms with E-state index in [2.05, 4.69) is 34.2 Å². The molecule has 2 rings (SSSR count). The first-order valence-corrected chi connectivity index (χ1v) is 5.53. The third-order valence-electron chi connectivity index (χ3n) is 2.78. The molecule has 1 aliphatic heterocycles. The third-order valence-corrected chi connectivity index (χ3v) is 2.78. The van der Waals surface area contributed by atoms with Crippen LogP contribution in [0.2, 0.25) is 0 Å². The lowest BCUT2D eigenvalue weighted by atomic mass is 10.2. The van der Waals surface area contributed by atoms with Crippen molar-refractivity contribution in [1.29, 1.82) is 0 Å². The molecule has 0 aromatic carbocycles. The first-order chi connectivity index (χ1) is 7.29. The SMILES string of the molecule is CCc1ccnc(C2CN(C)CCN2)n1. The van der Waals surface area contributed by atoms with Crippen LogP contribution in [-0.4, -0.2) is 41.5 Å². The molecule has 82 valence electrons. The van der Waals surface area contributed by atoms with Gasteiger partial charge in [0.25, 0.3) is 0 Å². The van der Waals surface area contributed by atoms with E-state index in [4.69, 9.17) is 0 Å². The summed E-state index contributed by atoms with van der Waals surface area (Å²) in [4.78, 5) is 11.2. The summed E-state index contributed by atoms with van der Waals surface area (Å²) in [5.41, 5.74) is 1.12. The van der Waals surface area contributed by atoms with Crippen LogP contribution in [0.4, 0.5) is 0 Å². The maximum atomic E-state index is 4.55. The van der Waals surface area contributed by atoms with E-state index in [0.29, 0.717) is 0 Å². The van der Waals surface area contributed by atoms with Crippen LogP contribution < -0.4 is 5.32 Å². The van der Waals surface area contributed by atoms with Gasteiger partial charge in [0.05, 0.1) is 6.04 Å². The topological polar surface area (TPSA) is 41.1 Å². The molecule has 4 heteroatoms. The van der Waals surface area contributed by atoms with Gasteiger partial charge in [0.2, 0.25) is 0 Å². The standard InChI is InChI=1S/C11H18N4/c1-3-9-4-5-13-11(14-9)10-8-15(2)7-6-12-10/h4-5,10,12H,3,6-8H2,1-2H3. The van der Waals surface area contributed by atoms with Gasteiger partial charge in [-0.2, -0.15) is 0 Å². The summed E-state index contributed by atoms with van der Waals surface area (Å²) in [6.45, 7) is 5.23. The van der Waals surface area contributed by atoms with Crippen molar-refractivity contribution in [2.24, 2.45) is 0 Å². The van der Waals surface area contributed by atoms with Crippen LogP contribution in [0, 0.1) is 0 Å². The molecule has 2 heterocycles. The molecular weight excluding hydrogens is 188 g/mol. The van der Waals surface area contributed by atoms with Crippen molar-refractivity contribution in [2.75, 3.05) is 26.7 Å². The number of nitrogens with one attached hydrogen (secondary N) is 1. The normalized spacial score (nSPS) is 22.9. The highest BCUT2D eigenvalue weighted by Crippen LogP contribution is 2.12. The Bertz CT molecular complexity index is 326. The Morgan fingerprint density at radius 3 is 3.20 bits per heavy atom. The zero-order valence-corrected chi connectivity index (χ0v) is 9.40. The molecule has 4 nitrogen and oxygen atoms in total. The second-order valence-corrected chi connectivity index (χ2v) is 4.03. The van der Waals surface area contributed by atoms with Crippen LogP contribution >= 0.6 is 0 Å². The van der Waals surface area contributed by atoms with Crippen molar-refractivity contribution in [3.05, 3.63) is 23.8 Å². The fourth-order valence-electron chi connectivity index (χ4n) is 1.85. The lowest BCUT2D eigenvalue weighted by Gasteiger charge is -2.29. The second kappa shape index (κ2) is 4.68. The Balaban J connectivity index is 2.13. The average molecular weight is 206 g/mol. The van der Waals surface area contributed by atoms with Crippen molar-refractivity contribution in [3.63, 3.8) is 0 Å². The summed E-state index contributed by atoms with van der Waals surface area (Å²) >= 11 is 0. The minimum Gasteiger partial charge on any atom is -0.305 e. The predicted molar refractivity (Wildman–Crippen MR) is 59.7 cm³/mol. The molecule has 1 fully saturated rings. The Morgan fingerprint density at radius 2 is 2.47 bits per heavy atom. The highest BCUT2D eigenvalue weighted by Gasteiger charge is 2.20. The molecule has 0 spiro atoms. The van der Waals surface area contributed by atoms with Gasteiger partial charge in [-0.05, 0) is 19.5 Å². The molecule has 0 amide bonds. The first kappa shape index (κ1) is 10.5. The molecule has 1 N–H and O–H groups in total. The molecule has 1 aromatic rings. The van der Waals surface area contributed by atoms with Crippen LogP contribution in [0.15, 0.2) is 12.3 Å². The Hall–Kier alpha value is -1.00. The molecule has 0 radical (unpaired) electrons. The minimum absolute atomic E-state index is 0.287. The van der Waals surface area contributed by atoms with Gasteiger partial charge < -0.3 is 10.2 Å². The van der Waals surface area contributed by atoms with Gasteiger partial charge in [-0.25, -0.2) is 9.97 Å². The number of hydrogen-bond donors (Lipinski definition) is 1. The van der Waals surface area contributed by atoms with Gasteiger partial charge in [0, 0.05) is 31.5 Å². The van der Waals surface area contributed by atoms with Crippen LogP contribution in [0.1, 0.15) is 24.5 Å². The van der Waals surface area contributed by atoms with E-state index >= 15 is 0 Å². The lowest BCUT2D eigenvalue weighted by molar-refractivity contribution is 0.235. The zero-order valence-electron chi connectivity index (χ0n) is 9.40. The highest BCUT2D eigenvalue weighted by molar-refractivity contribution is 5.06. The van der Waals surface area contributed by atoms with E-state index in [1.165, 1.54) is 0 Å². The number of hydrogen-bond acceptors (Lipinski definition) is 4.